The van der Waals surface area contributed by atoms with E-state index in [-0.39, 0.29) is 0 Å². The van der Waals surface area contributed by atoms with Gasteiger partial charge in [0.1, 0.15) is 0 Å². The number of fused-ring (bicyclic) bond motifs is 3. The van der Waals surface area contributed by atoms with E-state index in [2.05, 4.69) is 78.8 Å². The van der Waals surface area contributed by atoms with Crippen molar-refractivity contribution in [3.05, 3.63) is 64.6 Å². The van der Waals surface area contributed by atoms with Crippen LogP contribution in [0.1, 0.15) is 41.9 Å². The summed E-state index contributed by atoms with van der Waals surface area (Å²) in [6.07, 6.45) is 5.29. The number of hydrogen-bond acceptors (Lipinski definition) is 2. The third kappa shape index (κ3) is 2.86. The molecule has 0 N–H and O–H groups in total. The van der Waals surface area contributed by atoms with Gasteiger partial charge in [0.25, 0.3) is 0 Å². The van der Waals surface area contributed by atoms with Gasteiger partial charge in [0, 0.05) is 48.2 Å². The Morgan fingerprint density at radius 3 is 2.77 bits per heavy atom. The van der Waals surface area contributed by atoms with Crippen LogP contribution in [0.15, 0.2) is 36.5 Å². The molecule has 26 heavy (non-hydrogen) atoms. The summed E-state index contributed by atoms with van der Waals surface area (Å²) in [5.41, 5.74) is 9.14. The van der Waals surface area contributed by atoms with Crippen LogP contribution in [0.3, 0.4) is 0 Å². The van der Waals surface area contributed by atoms with E-state index in [4.69, 9.17) is 0 Å². The average Bonchev–Trinajstić information content (AvgIpc) is 2.88. The molecule has 3 aromatic rings. The molecular weight excluding hydrogens is 318 g/mol. The quantitative estimate of drug-likeness (QED) is 0.648. The van der Waals surface area contributed by atoms with Crippen LogP contribution in [-0.2, 0) is 13.0 Å². The Morgan fingerprint density at radius 2 is 2.00 bits per heavy atom. The Hall–Kier alpha value is -2.39. The maximum Gasteiger partial charge on any atom is 0.0529 e. The second-order valence-electron chi connectivity index (χ2n) is 7.78. The van der Waals surface area contributed by atoms with Gasteiger partial charge in [-0.05, 0) is 75.7 Å². The molecule has 134 valence electrons. The molecule has 0 spiro atoms. The van der Waals surface area contributed by atoms with Gasteiger partial charge in [0.05, 0.1) is 5.52 Å². The molecule has 3 heterocycles. The van der Waals surface area contributed by atoms with E-state index in [1.165, 1.54) is 38.9 Å². The first kappa shape index (κ1) is 17.0. The molecule has 3 nitrogen and oxygen atoms in total. The summed E-state index contributed by atoms with van der Waals surface area (Å²) in [6, 6.07) is 11.6. The van der Waals surface area contributed by atoms with Crippen molar-refractivity contribution in [2.75, 3.05) is 7.05 Å². The van der Waals surface area contributed by atoms with Gasteiger partial charge < -0.3 is 4.57 Å². The van der Waals surface area contributed by atoms with Crippen LogP contribution < -0.4 is 0 Å². The number of nitrogens with zero attached hydrogens (tertiary/aromatic N) is 3. The number of aromatic nitrogens is 2. The molecule has 1 atom stereocenters. The summed E-state index contributed by atoms with van der Waals surface area (Å²) in [5, 5.41) is 1.40. The molecule has 4 rings (SSSR count). The summed E-state index contributed by atoms with van der Waals surface area (Å²) < 4.78 is 2.43. The van der Waals surface area contributed by atoms with Crippen molar-refractivity contribution >= 4 is 22.7 Å². The molecule has 1 aromatic carbocycles. The Labute approximate surface area is 156 Å². The first-order valence-corrected chi connectivity index (χ1v) is 9.38. The summed E-state index contributed by atoms with van der Waals surface area (Å²) >= 11 is 0. The largest absolute Gasteiger partial charge is 0.320 e. The lowest BCUT2D eigenvalue weighted by atomic mass is 9.99. The van der Waals surface area contributed by atoms with E-state index >= 15 is 0 Å². The number of rotatable bonds is 2. The lowest BCUT2D eigenvalue weighted by Gasteiger charge is -2.30. The molecule has 0 amide bonds. The average molecular weight is 345 g/mol. The van der Waals surface area contributed by atoms with Gasteiger partial charge in [-0.15, -0.1) is 0 Å². The molecule has 0 radical (unpaired) electrons. The van der Waals surface area contributed by atoms with Crippen LogP contribution in [0.2, 0.25) is 0 Å². The molecule has 0 saturated heterocycles. The van der Waals surface area contributed by atoms with Crippen LogP contribution in [0.25, 0.3) is 22.7 Å². The van der Waals surface area contributed by atoms with E-state index in [9.17, 15) is 0 Å². The lowest BCUT2D eigenvalue weighted by Crippen LogP contribution is -2.35. The molecule has 0 aliphatic carbocycles. The standard InChI is InChI=1S/C23H27N3/c1-15-6-7-22-20(10-15)21-14-25(5)18(4)12-23(21)26(22)13-16(2)19-8-9-24-17(3)11-19/h6-11,13,18H,12,14H2,1-5H3. The SMILES string of the molecule is CC(=Cn1c2c(c3cc(C)ccc31)CN(C)C(C)C2)c1ccnc(C)c1. The summed E-state index contributed by atoms with van der Waals surface area (Å²) in [6.45, 7) is 9.76. The van der Waals surface area contributed by atoms with Crippen molar-refractivity contribution in [3.8, 4) is 0 Å². The Kier molecular flexibility index (Phi) is 4.20. The maximum absolute atomic E-state index is 4.33. The predicted octanol–water partition coefficient (Wildman–Crippen LogP) is 5.05. The van der Waals surface area contributed by atoms with Gasteiger partial charge in [-0.25, -0.2) is 0 Å². The van der Waals surface area contributed by atoms with Crippen molar-refractivity contribution in [3.63, 3.8) is 0 Å². The zero-order chi connectivity index (χ0) is 18.4. The lowest BCUT2D eigenvalue weighted by molar-refractivity contribution is 0.230. The first-order valence-electron chi connectivity index (χ1n) is 9.38. The minimum atomic E-state index is 0.559. The first-order chi connectivity index (χ1) is 12.4. The van der Waals surface area contributed by atoms with E-state index in [0.29, 0.717) is 6.04 Å². The van der Waals surface area contributed by atoms with E-state index in [0.717, 1.165) is 18.7 Å². The molecule has 0 saturated carbocycles. The minimum Gasteiger partial charge on any atom is -0.320 e. The second-order valence-corrected chi connectivity index (χ2v) is 7.78. The molecular formula is C23H27N3. The highest BCUT2D eigenvalue weighted by molar-refractivity contribution is 5.90. The van der Waals surface area contributed by atoms with E-state index < -0.39 is 0 Å². The highest BCUT2D eigenvalue weighted by Crippen LogP contribution is 2.34. The predicted molar refractivity (Wildman–Crippen MR) is 110 cm³/mol. The Balaban J connectivity index is 1.92. The van der Waals surface area contributed by atoms with Crippen molar-refractivity contribution < 1.29 is 0 Å². The van der Waals surface area contributed by atoms with Crippen molar-refractivity contribution in [1.82, 2.24) is 14.5 Å². The Bertz CT molecular complexity index is 1010. The van der Waals surface area contributed by atoms with Crippen LogP contribution in [0, 0.1) is 13.8 Å². The number of likely N-dealkylation sites (N-methyl/N-ethyl adjacent to an activating group) is 1. The normalized spacial score (nSPS) is 18.3. The van der Waals surface area contributed by atoms with Gasteiger partial charge >= 0.3 is 0 Å². The van der Waals surface area contributed by atoms with Gasteiger partial charge in [-0.3, -0.25) is 9.88 Å². The highest BCUT2D eigenvalue weighted by Gasteiger charge is 2.26. The molecule has 3 heteroatoms. The van der Waals surface area contributed by atoms with Crippen molar-refractivity contribution in [2.24, 2.45) is 0 Å². The van der Waals surface area contributed by atoms with Gasteiger partial charge in [0.15, 0.2) is 0 Å². The number of aryl methyl sites for hydroxylation is 2. The fourth-order valence-electron chi connectivity index (χ4n) is 3.99. The highest BCUT2D eigenvalue weighted by atomic mass is 15.1. The topological polar surface area (TPSA) is 21.1 Å². The number of allylic oxidation sites excluding steroid dienone is 1. The molecule has 0 fully saturated rings. The fraction of sp³-hybridized carbons (Fsp3) is 0.348. The third-order valence-electron chi connectivity index (χ3n) is 5.70. The molecule has 0 bridgehead atoms. The molecule has 2 aromatic heterocycles. The fourth-order valence-corrected chi connectivity index (χ4v) is 3.99. The summed E-state index contributed by atoms with van der Waals surface area (Å²) in [7, 11) is 2.23. The maximum atomic E-state index is 4.33. The zero-order valence-corrected chi connectivity index (χ0v) is 16.4. The van der Waals surface area contributed by atoms with E-state index in [1.54, 1.807) is 0 Å². The van der Waals surface area contributed by atoms with Crippen LogP contribution in [-0.4, -0.2) is 27.5 Å². The van der Waals surface area contributed by atoms with Crippen molar-refractivity contribution in [1.29, 1.82) is 0 Å². The second kappa shape index (κ2) is 6.40. The third-order valence-corrected chi connectivity index (χ3v) is 5.70. The number of hydrogen-bond donors (Lipinski definition) is 0. The number of pyridine rings is 1. The monoisotopic (exact) mass is 345 g/mol. The molecule has 1 aliphatic heterocycles. The van der Waals surface area contributed by atoms with Gasteiger partial charge in [0.2, 0.25) is 0 Å². The zero-order valence-electron chi connectivity index (χ0n) is 16.4. The van der Waals surface area contributed by atoms with Gasteiger partial charge in [-0.2, -0.15) is 0 Å². The Morgan fingerprint density at radius 1 is 1.19 bits per heavy atom. The van der Waals surface area contributed by atoms with E-state index in [1.807, 2.05) is 13.1 Å². The smallest absolute Gasteiger partial charge is 0.0529 e. The van der Waals surface area contributed by atoms with Crippen molar-refractivity contribution in [2.45, 2.75) is 46.7 Å². The van der Waals surface area contributed by atoms with Crippen LogP contribution in [0.5, 0.6) is 0 Å². The minimum absolute atomic E-state index is 0.559. The van der Waals surface area contributed by atoms with Crippen LogP contribution in [0.4, 0.5) is 0 Å². The molecule has 1 aliphatic rings. The molecule has 1 unspecified atom stereocenters. The number of benzene rings is 1. The summed E-state index contributed by atoms with van der Waals surface area (Å²) in [4.78, 5) is 6.78. The summed E-state index contributed by atoms with van der Waals surface area (Å²) in [5.74, 6) is 0. The van der Waals surface area contributed by atoms with Crippen LogP contribution >= 0.6 is 0 Å². The van der Waals surface area contributed by atoms with Gasteiger partial charge in [-0.1, -0.05) is 11.6 Å².